The van der Waals surface area contributed by atoms with Crippen LogP contribution in [0.3, 0.4) is 0 Å². The second-order valence-electron chi connectivity index (χ2n) is 6.38. The summed E-state index contributed by atoms with van der Waals surface area (Å²) in [4.78, 5) is 26.2. The monoisotopic (exact) mass is 384 g/mol. The number of nitrogens with zero attached hydrogens (tertiary/aromatic N) is 1. The third-order valence-corrected chi connectivity index (χ3v) is 4.26. The number of hydrogen-bond acceptors (Lipinski definition) is 6. The summed E-state index contributed by atoms with van der Waals surface area (Å²) in [5.41, 5.74) is 1.73. The fourth-order valence-electron chi connectivity index (χ4n) is 2.78. The number of carbonyl (C=O) groups excluding carboxylic acids is 2. The molecule has 28 heavy (non-hydrogen) atoms. The van der Waals surface area contributed by atoms with Crippen molar-refractivity contribution in [2.75, 3.05) is 43.1 Å². The number of amides is 1. The van der Waals surface area contributed by atoms with Crippen molar-refractivity contribution in [1.82, 2.24) is 0 Å². The average Bonchev–Trinajstić information content (AvgIpc) is 2.74. The highest BCUT2D eigenvalue weighted by Gasteiger charge is 2.18. The van der Waals surface area contributed by atoms with Gasteiger partial charge >= 0.3 is 5.97 Å². The number of benzene rings is 2. The van der Waals surface area contributed by atoms with E-state index in [4.69, 9.17) is 14.2 Å². The van der Waals surface area contributed by atoms with Crippen LogP contribution in [0.2, 0.25) is 0 Å². The van der Waals surface area contributed by atoms with Crippen molar-refractivity contribution < 1.29 is 23.8 Å². The normalized spacial score (nSPS) is 14.8. The van der Waals surface area contributed by atoms with Crippen LogP contribution in [0.1, 0.15) is 6.92 Å². The van der Waals surface area contributed by atoms with Crippen molar-refractivity contribution in [2.24, 2.45) is 0 Å². The maximum atomic E-state index is 12.0. The number of hydrogen-bond donors (Lipinski definition) is 1. The highest BCUT2D eigenvalue weighted by atomic mass is 16.6. The Hall–Kier alpha value is -3.06. The molecule has 0 bridgehead atoms. The molecule has 7 heteroatoms. The molecule has 1 aliphatic rings. The zero-order valence-electron chi connectivity index (χ0n) is 15.8. The first-order chi connectivity index (χ1) is 13.6. The lowest BCUT2D eigenvalue weighted by Crippen LogP contribution is -2.36. The van der Waals surface area contributed by atoms with E-state index in [1.165, 1.54) is 0 Å². The first-order valence-electron chi connectivity index (χ1n) is 9.23. The Balaban J connectivity index is 1.42. The number of para-hydroxylation sites is 1. The van der Waals surface area contributed by atoms with Crippen LogP contribution in [0.4, 0.5) is 11.4 Å². The minimum Gasteiger partial charge on any atom is -0.479 e. The van der Waals surface area contributed by atoms with Crippen molar-refractivity contribution >= 4 is 23.3 Å². The minimum atomic E-state index is -0.803. The number of ether oxygens (including phenoxy) is 3. The van der Waals surface area contributed by atoms with Crippen LogP contribution in [-0.2, 0) is 19.1 Å². The number of esters is 1. The van der Waals surface area contributed by atoms with Crippen molar-refractivity contribution in [1.29, 1.82) is 0 Å². The van der Waals surface area contributed by atoms with Crippen LogP contribution in [0, 0.1) is 0 Å². The molecule has 3 rings (SSSR count). The number of carbonyl (C=O) groups is 2. The van der Waals surface area contributed by atoms with Gasteiger partial charge in [-0.2, -0.15) is 0 Å². The molecule has 1 unspecified atom stereocenters. The summed E-state index contributed by atoms with van der Waals surface area (Å²) in [5.74, 6) is -0.433. The Bertz CT molecular complexity index is 773. The van der Waals surface area contributed by atoms with Crippen molar-refractivity contribution in [3.63, 3.8) is 0 Å². The van der Waals surface area contributed by atoms with Crippen LogP contribution >= 0.6 is 0 Å². The van der Waals surface area contributed by atoms with Crippen LogP contribution in [-0.4, -0.2) is 50.9 Å². The third kappa shape index (κ3) is 5.72. The Morgan fingerprint density at radius 2 is 1.75 bits per heavy atom. The molecule has 1 heterocycles. The van der Waals surface area contributed by atoms with E-state index >= 15 is 0 Å². The lowest BCUT2D eigenvalue weighted by Gasteiger charge is -2.28. The zero-order valence-corrected chi connectivity index (χ0v) is 15.8. The molecule has 1 aliphatic heterocycles. The fourth-order valence-corrected chi connectivity index (χ4v) is 2.78. The Morgan fingerprint density at radius 3 is 2.43 bits per heavy atom. The van der Waals surface area contributed by atoms with Crippen LogP contribution in [0.25, 0.3) is 0 Å². The van der Waals surface area contributed by atoms with E-state index in [1.807, 2.05) is 42.5 Å². The Morgan fingerprint density at radius 1 is 1.07 bits per heavy atom. The topological polar surface area (TPSA) is 77.1 Å². The van der Waals surface area contributed by atoms with Gasteiger partial charge in [-0.1, -0.05) is 18.2 Å². The molecule has 0 radical (unpaired) electrons. The van der Waals surface area contributed by atoms with E-state index < -0.39 is 18.0 Å². The van der Waals surface area contributed by atoms with Gasteiger partial charge in [-0.15, -0.1) is 0 Å². The van der Waals surface area contributed by atoms with Crippen molar-refractivity contribution in [3.8, 4) is 5.75 Å². The Kier molecular flexibility index (Phi) is 6.86. The molecule has 7 nitrogen and oxygen atoms in total. The largest absolute Gasteiger partial charge is 0.479 e. The number of anilines is 2. The molecule has 0 aliphatic carbocycles. The van der Waals surface area contributed by atoms with E-state index in [0.29, 0.717) is 11.4 Å². The standard InChI is InChI=1S/C21H24N2O5/c1-16(28-19-5-3-2-4-6-19)21(25)27-15-20(24)22-17-7-9-18(10-8-17)23-11-13-26-14-12-23/h2-10,16H,11-15H2,1H3,(H,22,24). The van der Waals surface area contributed by atoms with E-state index in [9.17, 15) is 9.59 Å². The van der Waals surface area contributed by atoms with Crippen LogP contribution in [0.5, 0.6) is 5.75 Å². The summed E-state index contributed by atoms with van der Waals surface area (Å²) in [5, 5.41) is 2.72. The smallest absolute Gasteiger partial charge is 0.347 e. The molecule has 0 spiro atoms. The second-order valence-corrected chi connectivity index (χ2v) is 6.38. The van der Waals surface area contributed by atoms with Gasteiger partial charge in [0.15, 0.2) is 12.7 Å². The molecule has 1 N–H and O–H groups in total. The van der Waals surface area contributed by atoms with Gasteiger partial charge in [0.2, 0.25) is 0 Å². The van der Waals surface area contributed by atoms with Gasteiger partial charge in [0.1, 0.15) is 5.75 Å². The molecule has 2 aromatic rings. The highest BCUT2D eigenvalue weighted by Crippen LogP contribution is 2.19. The molecule has 148 valence electrons. The van der Waals surface area contributed by atoms with E-state index in [2.05, 4.69) is 10.2 Å². The van der Waals surface area contributed by atoms with Gasteiger partial charge < -0.3 is 24.4 Å². The highest BCUT2D eigenvalue weighted by molar-refractivity contribution is 5.93. The average molecular weight is 384 g/mol. The minimum absolute atomic E-state index is 0.369. The maximum absolute atomic E-state index is 12.0. The number of morpholine rings is 1. The molecule has 1 amide bonds. The zero-order chi connectivity index (χ0) is 19.8. The van der Waals surface area contributed by atoms with Crippen LogP contribution in [0.15, 0.2) is 54.6 Å². The molecular formula is C21H24N2O5. The first-order valence-corrected chi connectivity index (χ1v) is 9.23. The fraction of sp³-hybridized carbons (Fsp3) is 0.333. The van der Waals surface area contributed by atoms with Gasteiger partial charge in [0, 0.05) is 24.5 Å². The van der Waals surface area contributed by atoms with E-state index in [1.54, 1.807) is 19.1 Å². The van der Waals surface area contributed by atoms with Gasteiger partial charge in [-0.25, -0.2) is 4.79 Å². The number of nitrogens with one attached hydrogen (secondary N) is 1. The lowest BCUT2D eigenvalue weighted by atomic mass is 10.2. The van der Waals surface area contributed by atoms with Crippen LogP contribution < -0.4 is 15.0 Å². The molecular weight excluding hydrogens is 360 g/mol. The first kappa shape index (κ1) is 19.7. The molecule has 0 saturated carbocycles. The van der Waals surface area contributed by atoms with Gasteiger partial charge in [0.25, 0.3) is 5.91 Å². The van der Waals surface area contributed by atoms with Gasteiger partial charge in [-0.3, -0.25) is 4.79 Å². The predicted molar refractivity (Wildman–Crippen MR) is 106 cm³/mol. The summed E-state index contributed by atoms with van der Waals surface area (Å²) >= 11 is 0. The van der Waals surface area contributed by atoms with Gasteiger partial charge in [-0.05, 0) is 43.3 Å². The second kappa shape index (κ2) is 9.75. The number of rotatable bonds is 7. The maximum Gasteiger partial charge on any atom is 0.347 e. The molecule has 1 saturated heterocycles. The van der Waals surface area contributed by atoms with E-state index in [0.717, 1.165) is 32.0 Å². The predicted octanol–water partition coefficient (Wildman–Crippen LogP) is 2.47. The molecule has 2 aromatic carbocycles. The summed E-state index contributed by atoms with van der Waals surface area (Å²) in [6.45, 7) is 4.35. The van der Waals surface area contributed by atoms with Crippen molar-refractivity contribution in [3.05, 3.63) is 54.6 Å². The van der Waals surface area contributed by atoms with Crippen molar-refractivity contribution in [2.45, 2.75) is 13.0 Å². The third-order valence-electron chi connectivity index (χ3n) is 4.26. The molecule has 1 fully saturated rings. The summed E-state index contributed by atoms with van der Waals surface area (Å²) < 4.78 is 15.9. The molecule has 0 aromatic heterocycles. The molecule has 1 atom stereocenters. The summed E-state index contributed by atoms with van der Waals surface area (Å²) in [6, 6.07) is 16.5. The summed E-state index contributed by atoms with van der Waals surface area (Å²) in [7, 11) is 0. The SMILES string of the molecule is CC(Oc1ccccc1)C(=O)OCC(=O)Nc1ccc(N2CCOCC2)cc1. The van der Waals surface area contributed by atoms with Gasteiger partial charge in [0.05, 0.1) is 13.2 Å². The Labute approximate surface area is 164 Å². The quantitative estimate of drug-likeness (QED) is 0.739. The summed E-state index contributed by atoms with van der Waals surface area (Å²) in [6.07, 6.45) is -0.803. The van der Waals surface area contributed by atoms with E-state index in [-0.39, 0.29) is 6.61 Å². The lowest BCUT2D eigenvalue weighted by molar-refractivity contribution is -0.153.